The van der Waals surface area contributed by atoms with Gasteiger partial charge < -0.3 is 15.1 Å². The minimum absolute atomic E-state index is 0.142. The molecule has 1 aromatic heterocycles. The molecule has 2 aromatic rings. The second-order valence-corrected chi connectivity index (χ2v) is 3.54. The lowest BCUT2D eigenvalue weighted by Gasteiger charge is -2.04. The van der Waals surface area contributed by atoms with Gasteiger partial charge in [0.2, 0.25) is 6.20 Å². The molecule has 96 valence electrons. The highest BCUT2D eigenvalue weighted by Crippen LogP contribution is 2.25. The first-order chi connectivity index (χ1) is 9.02. The Morgan fingerprint density at radius 1 is 1.32 bits per heavy atom. The summed E-state index contributed by atoms with van der Waals surface area (Å²) in [5.74, 6) is -2.56. The topological polar surface area (TPSA) is 120 Å². The van der Waals surface area contributed by atoms with E-state index in [-0.39, 0.29) is 16.0 Å². The van der Waals surface area contributed by atoms with Gasteiger partial charge in [0.1, 0.15) is 0 Å². The average molecular weight is 261 g/mol. The van der Waals surface area contributed by atoms with Gasteiger partial charge >= 0.3 is 11.5 Å². The monoisotopic (exact) mass is 261 g/mol. The van der Waals surface area contributed by atoms with Crippen LogP contribution in [0.25, 0.3) is 11.3 Å². The van der Waals surface area contributed by atoms with Gasteiger partial charge in [-0.05, 0) is 9.71 Å². The number of hydrogen-bond donors (Lipinski definition) is 1. The molecule has 0 atom stereocenters. The predicted molar refractivity (Wildman–Crippen MR) is 58.0 cm³/mol. The van der Waals surface area contributed by atoms with E-state index in [9.17, 15) is 25.2 Å². The lowest BCUT2D eigenvalue weighted by Crippen LogP contribution is -2.46. The van der Waals surface area contributed by atoms with E-state index in [0.717, 1.165) is 6.20 Å². The van der Waals surface area contributed by atoms with Crippen LogP contribution in [0.2, 0.25) is 0 Å². The molecule has 19 heavy (non-hydrogen) atoms. The molecule has 1 heterocycles. The van der Waals surface area contributed by atoms with Gasteiger partial charge in [0.25, 0.3) is 5.69 Å². The van der Waals surface area contributed by atoms with Crippen LogP contribution in [0.4, 0.5) is 5.69 Å². The van der Waals surface area contributed by atoms with Gasteiger partial charge in [0.15, 0.2) is 5.97 Å². The summed E-state index contributed by atoms with van der Waals surface area (Å²) < 4.78 is 0.142. The molecule has 8 nitrogen and oxygen atoms in total. The molecule has 0 fully saturated rings. The third-order valence-electron chi connectivity index (χ3n) is 2.39. The van der Waals surface area contributed by atoms with E-state index >= 15 is 0 Å². The Bertz CT molecular complexity index is 657. The van der Waals surface area contributed by atoms with Crippen molar-refractivity contribution in [2.75, 3.05) is 0 Å². The third-order valence-corrected chi connectivity index (χ3v) is 2.39. The lowest BCUT2D eigenvalue weighted by atomic mass is 10.1. The van der Waals surface area contributed by atoms with E-state index in [2.05, 4.69) is 4.98 Å². The molecule has 2 rings (SSSR count). The average Bonchev–Trinajstić information content (AvgIpc) is 2.38. The van der Waals surface area contributed by atoms with E-state index in [0.29, 0.717) is 0 Å². The number of carboxylic acid groups (broad SMARTS) is 1. The summed E-state index contributed by atoms with van der Waals surface area (Å²) in [5, 5.41) is 31.4. The number of carboxylic acids is 1. The van der Waals surface area contributed by atoms with Crippen LogP contribution in [0.15, 0.2) is 36.5 Å². The van der Waals surface area contributed by atoms with E-state index in [1.54, 1.807) is 18.2 Å². The maximum atomic E-state index is 10.9. The minimum Gasteiger partial charge on any atom is -0.538 e. The maximum absolute atomic E-state index is 10.9. The van der Waals surface area contributed by atoms with Crippen molar-refractivity contribution in [1.82, 2.24) is 4.98 Å². The zero-order chi connectivity index (χ0) is 14.0. The van der Waals surface area contributed by atoms with Crippen LogP contribution < -0.4 is 9.84 Å². The van der Waals surface area contributed by atoms with Crippen LogP contribution in [0, 0.1) is 10.1 Å². The number of aromatic nitrogens is 2. The number of carbonyl (C=O) groups is 1. The molecule has 0 spiro atoms. The fourth-order valence-electron chi connectivity index (χ4n) is 1.59. The van der Waals surface area contributed by atoms with Gasteiger partial charge in [0, 0.05) is 5.56 Å². The fraction of sp³-hybridized carbons (Fsp3) is 0. The minimum atomic E-state index is -1.74. The normalized spacial score (nSPS) is 10.1. The van der Waals surface area contributed by atoms with Crippen molar-refractivity contribution in [3.63, 3.8) is 0 Å². The Morgan fingerprint density at radius 2 is 1.95 bits per heavy atom. The summed E-state index contributed by atoms with van der Waals surface area (Å²) >= 11 is 0. The Kier molecular flexibility index (Phi) is 3.06. The van der Waals surface area contributed by atoms with Gasteiger partial charge in [-0.3, -0.25) is 10.1 Å². The van der Waals surface area contributed by atoms with Crippen LogP contribution in [-0.4, -0.2) is 21.1 Å². The highest BCUT2D eigenvalue weighted by atomic mass is 16.6. The van der Waals surface area contributed by atoms with Crippen molar-refractivity contribution in [3.8, 4) is 11.3 Å². The molecule has 0 saturated carbocycles. The van der Waals surface area contributed by atoms with E-state index in [1.807, 2.05) is 0 Å². The number of nitro groups is 1. The van der Waals surface area contributed by atoms with Crippen molar-refractivity contribution >= 4 is 11.7 Å². The van der Waals surface area contributed by atoms with Crippen molar-refractivity contribution < 1.29 is 24.8 Å². The highest BCUT2D eigenvalue weighted by Gasteiger charge is 2.30. The molecule has 0 aliphatic heterocycles. The summed E-state index contributed by atoms with van der Waals surface area (Å²) in [6, 6.07) is 7.86. The first-order valence-electron chi connectivity index (χ1n) is 5.08. The molecule has 0 amide bonds. The Morgan fingerprint density at radius 3 is 2.47 bits per heavy atom. The first-order valence-corrected chi connectivity index (χ1v) is 5.08. The number of nitrogens with zero attached hydrogens (tertiary/aromatic N) is 3. The number of rotatable bonds is 3. The second-order valence-electron chi connectivity index (χ2n) is 3.54. The van der Waals surface area contributed by atoms with E-state index in [1.165, 1.54) is 12.1 Å². The lowest BCUT2D eigenvalue weighted by molar-refractivity contribution is -0.900. The molecule has 0 aliphatic rings. The van der Waals surface area contributed by atoms with Crippen LogP contribution in [0.1, 0.15) is 10.6 Å². The number of aromatic carboxylic acids is 1. The Balaban J connectivity index is 2.78. The zero-order valence-electron chi connectivity index (χ0n) is 9.39. The maximum Gasteiger partial charge on any atom is 0.385 e. The Hall–Kier alpha value is -3.03. The number of hydrogen-bond acceptors (Lipinski definition) is 6. The molecule has 1 aromatic carbocycles. The standard InChI is InChI=1S/C11H7N3O5/c15-11(16)10-12-6-8(14(18)19)9(13(10)17)7-4-2-1-3-5-7/h1-6H,(H-,15,16,17). The molecule has 0 saturated heterocycles. The van der Waals surface area contributed by atoms with Crippen LogP contribution in [0.5, 0.6) is 0 Å². The van der Waals surface area contributed by atoms with Gasteiger partial charge in [-0.1, -0.05) is 30.3 Å². The SMILES string of the molecule is O=C([O-])c1ncc([N+](=O)[O-])c(-c2ccccc2)[n+]1O. The predicted octanol–water partition coefficient (Wildman–Crippen LogP) is -0.455. The summed E-state index contributed by atoms with van der Waals surface area (Å²) in [6.07, 6.45) is 0.764. The largest absolute Gasteiger partial charge is 0.538 e. The third kappa shape index (κ3) is 2.18. The van der Waals surface area contributed by atoms with Crippen molar-refractivity contribution in [1.29, 1.82) is 0 Å². The van der Waals surface area contributed by atoms with Gasteiger partial charge in [-0.2, -0.15) is 0 Å². The summed E-state index contributed by atoms with van der Waals surface area (Å²) in [5.41, 5.74) is -0.514. The van der Waals surface area contributed by atoms with Crippen molar-refractivity contribution in [3.05, 3.63) is 52.5 Å². The van der Waals surface area contributed by atoms with Gasteiger partial charge in [-0.15, -0.1) is 0 Å². The molecule has 0 bridgehead atoms. The molecule has 8 heteroatoms. The molecule has 0 aliphatic carbocycles. The quantitative estimate of drug-likeness (QED) is 0.345. The van der Waals surface area contributed by atoms with E-state index < -0.39 is 22.4 Å². The van der Waals surface area contributed by atoms with Gasteiger partial charge in [0.05, 0.1) is 4.92 Å². The van der Waals surface area contributed by atoms with Crippen LogP contribution >= 0.6 is 0 Å². The smallest absolute Gasteiger partial charge is 0.385 e. The van der Waals surface area contributed by atoms with Crippen molar-refractivity contribution in [2.24, 2.45) is 0 Å². The number of carbonyl (C=O) groups excluding carboxylic acids is 1. The molecule has 1 N–H and O–H groups in total. The molecular formula is C11H7N3O5. The van der Waals surface area contributed by atoms with E-state index in [4.69, 9.17) is 0 Å². The van der Waals surface area contributed by atoms with Crippen molar-refractivity contribution in [2.45, 2.75) is 0 Å². The number of benzene rings is 1. The summed E-state index contributed by atoms with van der Waals surface area (Å²) in [6.45, 7) is 0. The molecular weight excluding hydrogens is 254 g/mol. The summed E-state index contributed by atoms with van der Waals surface area (Å²) in [4.78, 5) is 24.2. The Labute approximate surface area is 106 Å². The van der Waals surface area contributed by atoms with Crippen LogP contribution in [0.3, 0.4) is 0 Å². The highest BCUT2D eigenvalue weighted by molar-refractivity contribution is 5.80. The van der Waals surface area contributed by atoms with Gasteiger partial charge in [-0.25, -0.2) is 0 Å². The summed E-state index contributed by atoms with van der Waals surface area (Å²) in [7, 11) is 0. The fourth-order valence-corrected chi connectivity index (χ4v) is 1.59. The molecule has 0 unspecified atom stereocenters. The molecule has 0 radical (unpaired) electrons. The first kappa shape index (κ1) is 12.4. The second kappa shape index (κ2) is 4.69. The zero-order valence-corrected chi connectivity index (χ0v) is 9.39. The van der Waals surface area contributed by atoms with Crippen LogP contribution in [-0.2, 0) is 0 Å².